The van der Waals surface area contributed by atoms with Gasteiger partial charge in [-0.15, -0.1) is 0 Å². The van der Waals surface area contributed by atoms with Crippen LogP contribution in [0.5, 0.6) is 0 Å². The molecule has 0 saturated heterocycles. The summed E-state index contributed by atoms with van der Waals surface area (Å²) in [6, 6.07) is 17.9. The van der Waals surface area contributed by atoms with Crippen LogP contribution < -0.4 is 0 Å². The van der Waals surface area contributed by atoms with E-state index in [1.807, 2.05) is 54.6 Å². The van der Waals surface area contributed by atoms with Crippen molar-refractivity contribution in [2.45, 2.75) is 20.3 Å². The Bertz CT molecular complexity index is 697. The number of hydrogen-bond acceptors (Lipinski definition) is 3. The molecule has 2 rings (SSSR count). The van der Waals surface area contributed by atoms with Crippen LogP contribution in [0.25, 0.3) is 11.1 Å². The van der Waals surface area contributed by atoms with Gasteiger partial charge in [0.1, 0.15) is 0 Å². The van der Waals surface area contributed by atoms with Crippen molar-refractivity contribution in [1.82, 2.24) is 0 Å². The van der Waals surface area contributed by atoms with Gasteiger partial charge in [-0.2, -0.15) is 0 Å². The van der Waals surface area contributed by atoms with Crippen molar-refractivity contribution in [3.05, 3.63) is 71.8 Å². The third-order valence-electron chi connectivity index (χ3n) is 3.41. The Kier molecular flexibility index (Phi) is 5.87. The fourth-order valence-electron chi connectivity index (χ4n) is 2.24. The average molecular weight is 308 g/mol. The van der Waals surface area contributed by atoms with Gasteiger partial charge < -0.3 is 4.74 Å². The number of allylic oxidation sites excluding steroid dienone is 1. The minimum absolute atomic E-state index is 0.108. The monoisotopic (exact) mass is 308 g/mol. The lowest BCUT2D eigenvalue weighted by Crippen LogP contribution is -2.08. The number of carbonyl (C=O) groups is 2. The molecule has 0 bridgehead atoms. The number of rotatable bonds is 6. The van der Waals surface area contributed by atoms with Crippen molar-refractivity contribution in [3.8, 4) is 11.1 Å². The quantitative estimate of drug-likeness (QED) is 0.599. The summed E-state index contributed by atoms with van der Waals surface area (Å²) in [4.78, 5) is 23.5. The molecule has 23 heavy (non-hydrogen) atoms. The first-order chi connectivity index (χ1) is 11.1. The zero-order valence-electron chi connectivity index (χ0n) is 13.4. The molecule has 0 saturated carbocycles. The van der Waals surface area contributed by atoms with E-state index in [9.17, 15) is 9.59 Å². The van der Waals surface area contributed by atoms with Gasteiger partial charge in [-0.05, 0) is 36.6 Å². The molecule has 0 spiro atoms. The van der Waals surface area contributed by atoms with Crippen molar-refractivity contribution in [2.75, 3.05) is 6.61 Å². The van der Waals surface area contributed by atoms with E-state index in [1.165, 1.54) is 6.08 Å². The minimum Gasteiger partial charge on any atom is -0.463 e. The van der Waals surface area contributed by atoms with E-state index in [-0.39, 0.29) is 12.2 Å². The topological polar surface area (TPSA) is 43.4 Å². The highest BCUT2D eigenvalue weighted by Gasteiger charge is 2.08. The highest BCUT2D eigenvalue weighted by Crippen LogP contribution is 2.19. The molecular formula is C20H20O3. The molecule has 2 aromatic rings. The molecule has 0 aliphatic carbocycles. The lowest BCUT2D eigenvalue weighted by Gasteiger charge is -2.04. The summed E-state index contributed by atoms with van der Waals surface area (Å²) >= 11 is 0. The van der Waals surface area contributed by atoms with Gasteiger partial charge >= 0.3 is 5.97 Å². The van der Waals surface area contributed by atoms with Crippen molar-refractivity contribution >= 4 is 11.8 Å². The number of hydrogen-bond donors (Lipinski definition) is 0. The Hall–Kier alpha value is -2.68. The molecule has 0 heterocycles. The molecule has 3 heteroatoms. The Labute approximate surface area is 136 Å². The van der Waals surface area contributed by atoms with Crippen molar-refractivity contribution in [1.29, 1.82) is 0 Å². The first kappa shape index (κ1) is 16.7. The molecule has 0 aliphatic rings. The third kappa shape index (κ3) is 4.92. The molecule has 0 amide bonds. The van der Waals surface area contributed by atoms with Crippen LogP contribution in [-0.4, -0.2) is 18.4 Å². The number of esters is 1. The smallest absolute Gasteiger partial charge is 0.333 e. The van der Waals surface area contributed by atoms with E-state index in [0.29, 0.717) is 12.2 Å². The van der Waals surface area contributed by atoms with Gasteiger partial charge in [-0.3, -0.25) is 4.79 Å². The maximum absolute atomic E-state index is 12.0. The fourth-order valence-corrected chi connectivity index (χ4v) is 2.24. The number of ketones is 1. The summed E-state index contributed by atoms with van der Waals surface area (Å²) in [5.74, 6) is -0.553. The maximum atomic E-state index is 12.0. The van der Waals surface area contributed by atoms with E-state index in [2.05, 4.69) is 0 Å². The van der Waals surface area contributed by atoms with E-state index < -0.39 is 5.97 Å². The molecule has 0 N–H and O–H groups in total. The Morgan fingerprint density at radius 1 is 0.957 bits per heavy atom. The maximum Gasteiger partial charge on any atom is 0.333 e. The molecule has 118 valence electrons. The second-order valence-electron chi connectivity index (χ2n) is 5.25. The van der Waals surface area contributed by atoms with Gasteiger partial charge in [0.15, 0.2) is 5.78 Å². The molecular weight excluding hydrogens is 288 g/mol. The van der Waals surface area contributed by atoms with Crippen LogP contribution in [0.3, 0.4) is 0 Å². The van der Waals surface area contributed by atoms with Crippen LogP contribution in [-0.2, 0) is 20.7 Å². The standard InChI is InChI=1S/C20H20O3/c1-3-23-20(22)15(2)13-19(21)14-16-9-11-18(12-10-16)17-7-5-4-6-8-17/h4-13H,3,14H2,1-2H3/b15-13+. The number of carbonyl (C=O) groups excluding carboxylic acids is 2. The summed E-state index contributed by atoms with van der Waals surface area (Å²) in [6.07, 6.45) is 1.62. The lowest BCUT2D eigenvalue weighted by atomic mass is 10.0. The van der Waals surface area contributed by atoms with Gasteiger partial charge in [0, 0.05) is 12.0 Å². The summed E-state index contributed by atoms with van der Waals surface area (Å²) in [5, 5.41) is 0. The van der Waals surface area contributed by atoms with Crippen LogP contribution >= 0.6 is 0 Å². The van der Waals surface area contributed by atoms with Crippen molar-refractivity contribution in [3.63, 3.8) is 0 Å². The van der Waals surface area contributed by atoms with Gasteiger partial charge in [0.25, 0.3) is 0 Å². The molecule has 0 aliphatic heterocycles. The van der Waals surface area contributed by atoms with Crippen LogP contribution in [0.2, 0.25) is 0 Å². The molecule has 0 aromatic heterocycles. The summed E-state index contributed by atoms with van der Waals surface area (Å²) < 4.78 is 4.86. The van der Waals surface area contributed by atoms with Gasteiger partial charge in [-0.1, -0.05) is 54.6 Å². The zero-order valence-corrected chi connectivity index (χ0v) is 13.4. The second kappa shape index (κ2) is 8.08. The zero-order chi connectivity index (χ0) is 16.7. The predicted octanol–water partition coefficient (Wildman–Crippen LogP) is 3.97. The Balaban J connectivity index is 2.02. The van der Waals surface area contributed by atoms with Crippen LogP contribution in [0.15, 0.2) is 66.2 Å². The normalized spacial score (nSPS) is 11.1. The molecule has 3 nitrogen and oxygen atoms in total. The summed E-state index contributed by atoms with van der Waals surface area (Å²) in [6.45, 7) is 3.63. The molecule has 0 atom stereocenters. The highest BCUT2D eigenvalue weighted by atomic mass is 16.5. The Morgan fingerprint density at radius 2 is 1.57 bits per heavy atom. The van der Waals surface area contributed by atoms with Gasteiger partial charge in [0.05, 0.1) is 6.61 Å². The predicted molar refractivity (Wildman–Crippen MR) is 91.0 cm³/mol. The minimum atomic E-state index is -0.444. The van der Waals surface area contributed by atoms with E-state index in [1.54, 1.807) is 13.8 Å². The van der Waals surface area contributed by atoms with Crippen LogP contribution in [0.1, 0.15) is 19.4 Å². The fraction of sp³-hybridized carbons (Fsp3) is 0.200. The second-order valence-corrected chi connectivity index (χ2v) is 5.25. The molecule has 0 radical (unpaired) electrons. The molecule has 0 unspecified atom stereocenters. The van der Waals surface area contributed by atoms with E-state index >= 15 is 0 Å². The molecule has 2 aromatic carbocycles. The number of ether oxygens (including phenoxy) is 1. The SMILES string of the molecule is CCOC(=O)/C(C)=C/C(=O)Cc1ccc(-c2ccccc2)cc1. The Morgan fingerprint density at radius 3 is 2.17 bits per heavy atom. The lowest BCUT2D eigenvalue weighted by molar-refractivity contribution is -0.138. The van der Waals surface area contributed by atoms with Gasteiger partial charge in [0.2, 0.25) is 0 Å². The van der Waals surface area contributed by atoms with Crippen LogP contribution in [0, 0.1) is 0 Å². The highest BCUT2D eigenvalue weighted by molar-refractivity contribution is 5.99. The summed E-state index contributed by atoms with van der Waals surface area (Å²) in [7, 11) is 0. The van der Waals surface area contributed by atoms with E-state index in [0.717, 1.165) is 16.7 Å². The third-order valence-corrected chi connectivity index (χ3v) is 3.41. The van der Waals surface area contributed by atoms with Gasteiger partial charge in [-0.25, -0.2) is 4.79 Å². The number of benzene rings is 2. The summed E-state index contributed by atoms with van der Waals surface area (Å²) in [5.41, 5.74) is 3.50. The first-order valence-electron chi connectivity index (χ1n) is 7.62. The van der Waals surface area contributed by atoms with E-state index in [4.69, 9.17) is 4.74 Å². The van der Waals surface area contributed by atoms with Crippen LogP contribution in [0.4, 0.5) is 0 Å². The largest absolute Gasteiger partial charge is 0.463 e. The first-order valence-corrected chi connectivity index (χ1v) is 7.62. The average Bonchev–Trinajstić information content (AvgIpc) is 2.56. The van der Waals surface area contributed by atoms with Crippen molar-refractivity contribution < 1.29 is 14.3 Å². The molecule has 0 fully saturated rings. The van der Waals surface area contributed by atoms with Crippen molar-refractivity contribution in [2.24, 2.45) is 0 Å².